The van der Waals surface area contributed by atoms with Gasteiger partial charge in [-0.1, -0.05) is 70.5 Å². The predicted octanol–water partition coefficient (Wildman–Crippen LogP) is 0.897. The number of hydrogen-bond donors (Lipinski definition) is 2. The Morgan fingerprint density at radius 3 is 2.46 bits per heavy atom. The molecule has 0 spiro atoms. The van der Waals surface area contributed by atoms with Crippen molar-refractivity contribution in [2.24, 2.45) is 5.10 Å². The molecule has 0 bridgehead atoms. The number of rotatable bonds is 6. The third-order valence-electron chi connectivity index (χ3n) is 4.12. The minimum Gasteiger partial charge on any atom is -0.352 e. The van der Waals surface area contributed by atoms with Crippen molar-refractivity contribution in [3.8, 4) is 0 Å². The summed E-state index contributed by atoms with van der Waals surface area (Å²) in [5, 5.41) is 9.18. The number of H-pyrrole nitrogens is 1. The molecule has 3 aromatic rings. The Bertz CT molecular complexity index is 1080. The predicted molar refractivity (Wildman–Crippen MR) is 104 cm³/mol. The van der Waals surface area contributed by atoms with E-state index in [9.17, 15) is 14.4 Å². The van der Waals surface area contributed by atoms with Crippen LogP contribution in [0.25, 0.3) is 0 Å². The molecular weight excluding hydrogens is 358 g/mol. The lowest BCUT2D eigenvalue weighted by molar-refractivity contribution is -0.744. The van der Waals surface area contributed by atoms with Gasteiger partial charge in [0.05, 0.1) is 6.21 Å². The summed E-state index contributed by atoms with van der Waals surface area (Å²) in [6, 6.07) is 16.3. The number of benzene rings is 2. The van der Waals surface area contributed by atoms with E-state index >= 15 is 0 Å². The van der Waals surface area contributed by atoms with Gasteiger partial charge in [-0.05, 0) is 12.5 Å². The summed E-state index contributed by atoms with van der Waals surface area (Å²) in [6.07, 6.45) is 1.48. The van der Waals surface area contributed by atoms with Crippen molar-refractivity contribution in [1.29, 1.82) is 0 Å². The average molecular weight is 378 g/mol. The molecule has 0 aliphatic heterocycles. The van der Waals surface area contributed by atoms with E-state index < -0.39 is 11.5 Å². The van der Waals surface area contributed by atoms with Gasteiger partial charge >= 0.3 is 17.2 Å². The molecule has 8 nitrogen and oxygen atoms in total. The molecular formula is C20H20N5O3+. The van der Waals surface area contributed by atoms with Gasteiger partial charge in [0, 0.05) is 17.4 Å². The SMILES string of the molecule is CNC(=O)c1c(=O)n(/N=C/c2ccccc2)[nH][n+]1CC(=O)c1ccc(C)cc1. The van der Waals surface area contributed by atoms with E-state index in [-0.39, 0.29) is 18.0 Å². The van der Waals surface area contributed by atoms with Crippen molar-refractivity contribution in [2.75, 3.05) is 7.05 Å². The number of Topliss-reactive ketones (excluding diaryl/α,β-unsaturated/α-hetero) is 1. The van der Waals surface area contributed by atoms with Crippen LogP contribution in [0.2, 0.25) is 0 Å². The van der Waals surface area contributed by atoms with Crippen LogP contribution in [0.15, 0.2) is 64.5 Å². The fourth-order valence-electron chi connectivity index (χ4n) is 2.59. The Kier molecular flexibility index (Phi) is 5.59. The molecule has 142 valence electrons. The molecule has 0 fully saturated rings. The largest absolute Gasteiger partial charge is 0.432 e. The molecule has 0 aliphatic carbocycles. The van der Waals surface area contributed by atoms with Gasteiger partial charge in [-0.15, -0.1) is 4.68 Å². The molecule has 0 aliphatic rings. The number of nitrogens with one attached hydrogen (secondary N) is 2. The lowest BCUT2D eigenvalue weighted by Gasteiger charge is -2.00. The Morgan fingerprint density at radius 1 is 1.14 bits per heavy atom. The number of nitrogens with zero attached hydrogens (tertiary/aromatic N) is 3. The Hall–Kier alpha value is -3.81. The minimum absolute atomic E-state index is 0.199. The second-order valence-corrected chi connectivity index (χ2v) is 6.18. The molecule has 0 saturated carbocycles. The highest BCUT2D eigenvalue weighted by Crippen LogP contribution is 2.04. The van der Waals surface area contributed by atoms with E-state index in [0.29, 0.717) is 5.56 Å². The van der Waals surface area contributed by atoms with Crippen LogP contribution in [0.1, 0.15) is 32.0 Å². The standard InChI is InChI=1S/C20H19N5O3/c1-14-8-10-16(11-9-14)17(26)13-24-18(19(27)21-2)20(28)25(23-24)22-12-15-6-4-3-5-7-15/h3-12H,13H2,1-2H3,(H-,21,23,27,28)/p+1/b22-12+. The van der Waals surface area contributed by atoms with Crippen LogP contribution >= 0.6 is 0 Å². The van der Waals surface area contributed by atoms with Crippen LogP contribution in [-0.2, 0) is 6.54 Å². The van der Waals surface area contributed by atoms with Crippen LogP contribution < -0.4 is 15.6 Å². The van der Waals surface area contributed by atoms with Crippen molar-refractivity contribution >= 4 is 17.9 Å². The third kappa shape index (κ3) is 4.12. The maximum atomic E-state index is 12.6. The van der Waals surface area contributed by atoms with Crippen LogP contribution in [0.4, 0.5) is 0 Å². The molecule has 1 heterocycles. The van der Waals surface area contributed by atoms with Gasteiger partial charge in [-0.25, -0.2) is 4.79 Å². The van der Waals surface area contributed by atoms with E-state index in [1.165, 1.54) is 17.9 Å². The fourth-order valence-corrected chi connectivity index (χ4v) is 2.59. The first-order valence-corrected chi connectivity index (χ1v) is 8.66. The zero-order chi connectivity index (χ0) is 20.1. The van der Waals surface area contributed by atoms with E-state index in [1.54, 1.807) is 12.1 Å². The van der Waals surface area contributed by atoms with Gasteiger partial charge in [-0.2, -0.15) is 0 Å². The molecule has 1 aromatic heterocycles. The Morgan fingerprint density at radius 2 is 1.82 bits per heavy atom. The molecule has 0 atom stereocenters. The summed E-state index contributed by atoms with van der Waals surface area (Å²) in [5.41, 5.74) is 1.46. The number of ketones is 1. The summed E-state index contributed by atoms with van der Waals surface area (Å²) in [7, 11) is 1.42. The second kappa shape index (κ2) is 8.26. The molecule has 2 aromatic carbocycles. The monoisotopic (exact) mass is 378 g/mol. The smallest absolute Gasteiger partial charge is 0.352 e. The summed E-state index contributed by atoms with van der Waals surface area (Å²) >= 11 is 0. The second-order valence-electron chi connectivity index (χ2n) is 6.18. The van der Waals surface area contributed by atoms with Gasteiger partial charge in [0.25, 0.3) is 0 Å². The van der Waals surface area contributed by atoms with E-state index in [0.717, 1.165) is 15.9 Å². The van der Waals surface area contributed by atoms with Gasteiger partial charge < -0.3 is 5.32 Å². The quantitative estimate of drug-likeness (QED) is 0.379. The summed E-state index contributed by atoms with van der Waals surface area (Å²) in [6.45, 7) is 1.73. The van der Waals surface area contributed by atoms with Crippen molar-refractivity contribution < 1.29 is 14.3 Å². The Balaban J connectivity index is 1.94. The zero-order valence-corrected chi connectivity index (χ0v) is 15.5. The van der Waals surface area contributed by atoms with E-state index in [4.69, 9.17) is 0 Å². The first-order chi connectivity index (χ1) is 13.5. The van der Waals surface area contributed by atoms with E-state index in [2.05, 4.69) is 15.6 Å². The first kappa shape index (κ1) is 19.0. The third-order valence-corrected chi connectivity index (χ3v) is 4.12. The van der Waals surface area contributed by atoms with Crippen molar-refractivity contribution in [3.63, 3.8) is 0 Å². The lowest BCUT2D eigenvalue weighted by Crippen LogP contribution is -2.48. The molecule has 2 N–H and O–H groups in total. The number of aromatic nitrogens is 3. The zero-order valence-electron chi connectivity index (χ0n) is 15.5. The highest BCUT2D eigenvalue weighted by Gasteiger charge is 2.29. The van der Waals surface area contributed by atoms with Crippen molar-refractivity contribution in [2.45, 2.75) is 13.5 Å². The summed E-state index contributed by atoms with van der Waals surface area (Å²) in [4.78, 5) is 38.3. The minimum atomic E-state index is -0.650. The number of amides is 1. The lowest BCUT2D eigenvalue weighted by atomic mass is 10.1. The van der Waals surface area contributed by atoms with Gasteiger partial charge in [0.2, 0.25) is 5.78 Å². The van der Waals surface area contributed by atoms with E-state index in [1.807, 2.05) is 49.4 Å². The van der Waals surface area contributed by atoms with Crippen molar-refractivity contribution in [3.05, 3.63) is 87.3 Å². The highest BCUT2D eigenvalue weighted by molar-refractivity contribution is 5.95. The van der Waals surface area contributed by atoms with Crippen molar-refractivity contribution in [1.82, 2.24) is 15.3 Å². The summed E-state index contributed by atoms with van der Waals surface area (Å²) in [5.74, 6) is -0.845. The van der Waals surface area contributed by atoms with Crippen LogP contribution in [0, 0.1) is 6.92 Å². The molecule has 0 saturated heterocycles. The molecule has 1 amide bonds. The normalized spacial score (nSPS) is 10.9. The summed E-state index contributed by atoms with van der Waals surface area (Å²) < 4.78 is 1.20. The number of carbonyl (C=O) groups is 2. The number of aryl methyl sites for hydroxylation is 1. The fraction of sp³-hybridized carbons (Fsp3) is 0.150. The van der Waals surface area contributed by atoms with Crippen LogP contribution in [-0.4, -0.2) is 35.0 Å². The number of carbonyl (C=O) groups excluding carboxylic acids is 2. The maximum absolute atomic E-state index is 12.6. The van der Waals surface area contributed by atoms with Crippen LogP contribution in [0.5, 0.6) is 0 Å². The topological polar surface area (TPSA) is 100 Å². The van der Waals surface area contributed by atoms with Gasteiger partial charge in [0.1, 0.15) is 0 Å². The molecule has 3 rings (SSSR count). The number of hydrogen-bond acceptors (Lipinski definition) is 4. The number of aromatic amines is 1. The van der Waals surface area contributed by atoms with Crippen LogP contribution in [0.3, 0.4) is 0 Å². The average Bonchev–Trinajstić information content (AvgIpc) is 3.02. The molecule has 0 unspecified atom stereocenters. The first-order valence-electron chi connectivity index (χ1n) is 8.66. The van der Waals surface area contributed by atoms with Gasteiger partial charge in [0.15, 0.2) is 6.54 Å². The molecule has 0 radical (unpaired) electrons. The maximum Gasteiger partial charge on any atom is 0.432 e. The highest BCUT2D eigenvalue weighted by atomic mass is 16.2. The molecule has 28 heavy (non-hydrogen) atoms. The van der Waals surface area contributed by atoms with Gasteiger partial charge in [-0.3, -0.25) is 9.59 Å². The molecule has 8 heteroatoms. The Labute approximate surface area is 161 Å².